The van der Waals surface area contributed by atoms with Crippen LogP contribution in [-0.2, 0) is 16.6 Å². The number of anilines is 1. The number of nitrogens with one attached hydrogen (secondary N) is 2. The molecule has 1 fully saturated rings. The van der Waals surface area contributed by atoms with Crippen molar-refractivity contribution in [2.45, 2.75) is 37.4 Å². The smallest absolute Gasteiger partial charge is 0.244 e. The Hall–Kier alpha value is -2.42. The molecule has 1 atom stereocenters. The van der Waals surface area contributed by atoms with Crippen LogP contribution >= 0.6 is 0 Å². The fraction of sp³-hybridized carbons (Fsp3) is 0.381. The summed E-state index contributed by atoms with van der Waals surface area (Å²) in [5.41, 5.74) is 2.95. The Morgan fingerprint density at radius 1 is 1.10 bits per heavy atom. The minimum absolute atomic E-state index is 0.257. The molecule has 4 heterocycles. The summed E-state index contributed by atoms with van der Waals surface area (Å²) in [6.07, 6.45) is 3.67. The maximum Gasteiger partial charge on any atom is 0.244 e. The van der Waals surface area contributed by atoms with Crippen molar-refractivity contribution in [3.8, 4) is 0 Å². The molecule has 0 spiro atoms. The van der Waals surface area contributed by atoms with E-state index in [4.69, 9.17) is 4.98 Å². The largest absolute Gasteiger partial charge is 0.368 e. The number of benzene rings is 1. The number of aryl methyl sites for hydroxylation is 1. The molecule has 2 aromatic heterocycles. The van der Waals surface area contributed by atoms with Gasteiger partial charge in [-0.3, -0.25) is 4.90 Å². The molecule has 2 aliphatic heterocycles. The van der Waals surface area contributed by atoms with Gasteiger partial charge < -0.3 is 9.72 Å². The van der Waals surface area contributed by atoms with Gasteiger partial charge in [0.2, 0.25) is 10.0 Å². The molecule has 7 nitrogen and oxygen atoms in total. The number of pyridine rings is 1. The third kappa shape index (κ3) is 3.41. The lowest BCUT2D eigenvalue weighted by molar-refractivity contribution is 0.162. The van der Waals surface area contributed by atoms with Gasteiger partial charge in [0, 0.05) is 12.7 Å². The van der Waals surface area contributed by atoms with Crippen LogP contribution in [0.4, 0.5) is 5.69 Å². The molecule has 2 aliphatic rings. The van der Waals surface area contributed by atoms with Gasteiger partial charge in [-0.25, -0.2) is 13.4 Å². The van der Waals surface area contributed by atoms with E-state index in [0.29, 0.717) is 10.6 Å². The summed E-state index contributed by atoms with van der Waals surface area (Å²) in [5.74, 6) is 1.26. The van der Waals surface area contributed by atoms with Crippen molar-refractivity contribution in [3.05, 3.63) is 60.2 Å². The highest BCUT2D eigenvalue weighted by molar-refractivity contribution is 7.89. The highest BCUT2D eigenvalue weighted by Gasteiger charge is 2.35. The van der Waals surface area contributed by atoms with Crippen LogP contribution < -0.4 is 10.0 Å². The number of hydrogen-bond donors (Lipinski definition) is 2. The van der Waals surface area contributed by atoms with E-state index in [9.17, 15) is 8.42 Å². The summed E-state index contributed by atoms with van der Waals surface area (Å²) < 4.78 is 30.1. The molecular weight excluding hydrogens is 386 g/mol. The fourth-order valence-electron chi connectivity index (χ4n) is 4.50. The SMILES string of the molecule is Cc1nc(CN2CCC(C3Nc4ccccc4S(=O)(=O)N3)CC2)c2ccccn12. The van der Waals surface area contributed by atoms with Gasteiger partial charge in [0.25, 0.3) is 0 Å². The number of likely N-dealkylation sites (tertiary alicyclic amines) is 1. The lowest BCUT2D eigenvalue weighted by Gasteiger charge is -2.38. The number of fused-ring (bicyclic) bond motifs is 2. The zero-order valence-corrected chi connectivity index (χ0v) is 17.2. The fourth-order valence-corrected chi connectivity index (χ4v) is 5.89. The average molecular weight is 412 g/mol. The summed E-state index contributed by atoms with van der Waals surface area (Å²) in [6, 6.07) is 13.3. The van der Waals surface area contributed by atoms with Crippen molar-refractivity contribution in [2.75, 3.05) is 18.4 Å². The van der Waals surface area contributed by atoms with E-state index < -0.39 is 10.0 Å². The molecule has 8 heteroatoms. The van der Waals surface area contributed by atoms with Crippen molar-refractivity contribution in [1.82, 2.24) is 19.0 Å². The van der Waals surface area contributed by atoms with Crippen molar-refractivity contribution in [3.63, 3.8) is 0 Å². The number of imidazole rings is 1. The first kappa shape index (κ1) is 18.6. The summed E-state index contributed by atoms with van der Waals surface area (Å²) in [7, 11) is -3.46. The predicted molar refractivity (Wildman–Crippen MR) is 112 cm³/mol. The van der Waals surface area contributed by atoms with Crippen molar-refractivity contribution in [1.29, 1.82) is 0 Å². The van der Waals surface area contributed by atoms with Crippen LogP contribution in [-0.4, -0.2) is 42.0 Å². The van der Waals surface area contributed by atoms with Gasteiger partial charge in [-0.1, -0.05) is 18.2 Å². The summed E-state index contributed by atoms with van der Waals surface area (Å²) in [6.45, 7) is 4.70. The Morgan fingerprint density at radius 2 is 1.86 bits per heavy atom. The van der Waals surface area contributed by atoms with Crippen LogP contribution in [0.3, 0.4) is 0 Å². The molecule has 0 saturated carbocycles. The molecule has 0 bridgehead atoms. The van der Waals surface area contributed by atoms with Gasteiger partial charge in [0.05, 0.1) is 23.1 Å². The third-order valence-electron chi connectivity index (χ3n) is 6.05. The van der Waals surface area contributed by atoms with Crippen LogP contribution in [0.15, 0.2) is 53.6 Å². The predicted octanol–water partition coefficient (Wildman–Crippen LogP) is 2.58. The summed E-state index contributed by atoms with van der Waals surface area (Å²) in [4.78, 5) is 7.50. The molecule has 1 saturated heterocycles. The summed E-state index contributed by atoms with van der Waals surface area (Å²) >= 11 is 0. The summed E-state index contributed by atoms with van der Waals surface area (Å²) in [5, 5.41) is 3.39. The number of para-hydroxylation sites is 1. The molecular formula is C21H25N5O2S. The first-order valence-electron chi connectivity index (χ1n) is 10.0. The van der Waals surface area contributed by atoms with E-state index in [1.54, 1.807) is 12.1 Å². The third-order valence-corrected chi connectivity index (χ3v) is 7.55. The zero-order chi connectivity index (χ0) is 20.0. The monoisotopic (exact) mass is 411 g/mol. The average Bonchev–Trinajstić information content (AvgIpc) is 3.04. The molecule has 0 aliphatic carbocycles. The number of hydrogen-bond acceptors (Lipinski definition) is 5. The van der Waals surface area contributed by atoms with E-state index >= 15 is 0 Å². The van der Waals surface area contributed by atoms with Crippen LogP contribution in [0.25, 0.3) is 5.52 Å². The Kier molecular flexibility index (Phi) is 4.57. The van der Waals surface area contributed by atoms with Gasteiger partial charge in [0.15, 0.2) is 0 Å². The topological polar surface area (TPSA) is 78.7 Å². The van der Waals surface area contributed by atoms with Crippen molar-refractivity contribution < 1.29 is 8.42 Å². The number of rotatable bonds is 3. The molecule has 3 aromatic rings. The number of piperidine rings is 1. The van der Waals surface area contributed by atoms with Crippen molar-refractivity contribution in [2.24, 2.45) is 5.92 Å². The van der Waals surface area contributed by atoms with Gasteiger partial charge in [-0.2, -0.15) is 4.72 Å². The first-order chi connectivity index (χ1) is 14.0. The first-order valence-corrected chi connectivity index (χ1v) is 11.5. The highest BCUT2D eigenvalue weighted by atomic mass is 32.2. The Balaban J connectivity index is 1.26. The minimum Gasteiger partial charge on any atom is -0.368 e. The number of aromatic nitrogens is 2. The lowest BCUT2D eigenvalue weighted by Crippen LogP contribution is -2.51. The molecule has 1 unspecified atom stereocenters. The zero-order valence-electron chi connectivity index (χ0n) is 16.4. The van der Waals surface area contributed by atoms with E-state index in [1.807, 2.05) is 37.4 Å². The van der Waals surface area contributed by atoms with E-state index in [-0.39, 0.29) is 12.1 Å². The highest BCUT2D eigenvalue weighted by Crippen LogP contribution is 2.31. The Bertz CT molecular complexity index is 1150. The maximum absolute atomic E-state index is 12.6. The molecule has 5 rings (SSSR count). The van der Waals surface area contributed by atoms with E-state index in [2.05, 4.69) is 25.4 Å². The van der Waals surface area contributed by atoms with Gasteiger partial charge in [-0.15, -0.1) is 0 Å². The molecule has 2 N–H and O–H groups in total. The molecule has 29 heavy (non-hydrogen) atoms. The number of nitrogens with zero attached hydrogens (tertiary/aromatic N) is 3. The van der Waals surface area contributed by atoms with Gasteiger partial charge in [0.1, 0.15) is 10.7 Å². The molecule has 152 valence electrons. The minimum atomic E-state index is -3.46. The normalized spacial score (nSPS) is 22.3. The van der Waals surface area contributed by atoms with Crippen LogP contribution in [0.5, 0.6) is 0 Å². The van der Waals surface area contributed by atoms with E-state index in [1.165, 1.54) is 0 Å². The van der Waals surface area contributed by atoms with Gasteiger partial charge in [-0.05, 0) is 63.0 Å². The molecule has 0 amide bonds. The quantitative estimate of drug-likeness (QED) is 0.693. The molecule has 0 radical (unpaired) electrons. The Morgan fingerprint density at radius 3 is 2.69 bits per heavy atom. The second-order valence-electron chi connectivity index (χ2n) is 7.91. The van der Waals surface area contributed by atoms with Crippen LogP contribution in [0.1, 0.15) is 24.4 Å². The Labute approximate surface area is 170 Å². The second kappa shape index (κ2) is 7.12. The van der Waals surface area contributed by atoms with E-state index in [0.717, 1.165) is 49.5 Å². The lowest BCUT2D eigenvalue weighted by atomic mass is 9.93. The second-order valence-corrected chi connectivity index (χ2v) is 9.60. The van der Waals surface area contributed by atoms with Crippen molar-refractivity contribution >= 4 is 21.2 Å². The standard InChI is InChI=1S/C21H25N5O2S/c1-15-22-18(19-7-4-5-11-26(15)19)14-25-12-9-16(10-13-25)21-23-17-6-2-3-8-20(17)29(27,28)24-21/h2-8,11,16,21,23-24H,9-10,12-14H2,1H3. The van der Waals surface area contributed by atoms with Crippen LogP contribution in [0.2, 0.25) is 0 Å². The van der Waals surface area contributed by atoms with Gasteiger partial charge >= 0.3 is 0 Å². The number of sulfonamides is 1. The molecule has 1 aromatic carbocycles. The maximum atomic E-state index is 12.6. The van der Waals surface area contributed by atoms with Crippen LogP contribution in [0, 0.1) is 12.8 Å².